The van der Waals surface area contributed by atoms with Crippen molar-refractivity contribution in [2.45, 2.75) is 128 Å². The molecule has 4 N–H and O–H groups in total. The van der Waals surface area contributed by atoms with Gasteiger partial charge in [0.1, 0.15) is 6.10 Å². The molecule has 5 nitrogen and oxygen atoms in total. The summed E-state index contributed by atoms with van der Waals surface area (Å²) in [6.07, 6.45) is 29.5. The van der Waals surface area contributed by atoms with Crippen molar-refractivity contribution in [3.8, 4) is 0 Å². The van der Waals surface area contributed by atoms with Crippen molar-refractivity contribution in [1.29, 1.82) is 0 Å². The monoisotopic (exact) mass is 491 g/mol. The third kappa shape index (κ3) is 21.3. The van der Waals surface area contributed by atoms with Gasteiger partial charge >= 0.3 is 0 Å². The highest BCUT2D eigenvalue weighted by molar-refractivity contribution is 5.76. The van der Waals surface area contributed by atoms with Gasteiger partial charge in [-0.3, -0.25) is 4.79 Å². The lowest BCUT2D eigenvalue weighted by molar-refractivity contribution is -0.124. The number of amides is 1. The van der Waals surface area contributed by atoms with Crippen LogP contribution < -0.4 is 5.32 Å². The van der Waals surface area contributed by atoms with Gasteiger partial charge < -0.3 is 20.6 Å². The zero-order valence-electron chi connectivity index (χ0n) is 22.4. The van der Waals surface area contributed by atoms with Crippen LogP contribution in [0.1, 0.15) is 110 Å². The third-order valence-corrected chi connectivity index (χ3v) is 5.99. The predicted molar refractivity (Wildman–Crippen MR) is 148 cm³/mol. The van der Waals surface area contributed by atoms with Gasteiger partial charge in [0, 0.05) is 6.42 Å². The molecule has 0 saturated carbocycles. The molecule has 202 valence electrons. The molecule has 0 radical (unpaired) electrons. The van der Waals surface area contributed by atoms with Gasteiger partial charge in [-0.2, -0.15) is 0 Å². The summed E-state index contributed by atoms with van der Waals surface area (Å²) in [5.41, 5.74) is 0. The minimum atomic E-state index is -1.19. The molecule has 0 aromatic heterocycles. The number of unbranched alkanes of at least 4 members (excludes halogenated alkanes) is 8. The number of hydrogen-bond donors (Lipinski definition) is 4. The number of allylic oxidation sites excluding steroid dienone is 8. The van der Waals surface area contributed by atoms with Crippen LogP contribution in [0, 0.1) is 0 Å². The van der Waals surface area contributed by atoms with E-state index in [0.29, 0.717) is 12.8 Å². The van der Waals surface area contributed by atoms with Gasteiger partial charge in [-0.1, -0.05) is 87.6 Å². The molecule has 0 aliphatic heterocycles. The van der Waals surface area contributed by atoms with E-state index < -0.39 is 24.9 Å². The van der Waals surface area contributed by atoms with Crippen molar-refractivity contribution >= 4 is 5.91 Å². The van der Waals surface area contributed by atoms with E-state index in [2.05, 4.69) is 48.7 Å². The Morgan fingerprint density at radius 3 is 2.09 bits per heavy atom. The smallest absolute Gasteiger partial charge is 0.220 e. The van der Waals surface area contributed by atoms with Crippen molar-refractivity contribution in [2.75, 3.05) is 6.61 Å². The molecule has 5 heteroatoms. The molecule has 0 fully saturated rings. The molecule has 1 amide bonds. The summed E-state index contributed by atoms with van der Waals surface area (Å²) in [5.74, 6) is -0.234. The van der Waals surface area contributed by atoms with Crippen LogP contribution in [0.15, 0.2) is 48.6 Å². The third-order valence-electron chi connectivity index (χ3n) is 5.99. The molecule has 0 heterocycles. The highest BCUT2D eigenvalue weighted by Crippen LogP contribution is 2.10. The second kappa shape index (κ2) is 25.4. The predicted octanol–water partition coefficient (Wildman–Crippen LogP) is 6.30. The lowest BCUT2D eigenvalue weighted by atomic mass is 10.0. The van der Waals surface area contributed by atoms with Crippen LogP contribution in [0.25, 0.3) is 0 Å². The van der Waals surface area contributed by atoms with Crippen molar-refractivity contribution in [1.82, 2.24) is 5.32 Å². The number of hydrogen-bond acceptors (Lipinski definition) is 4. The standard InChI is InChI=1S/C30H53NO4/c1-3-5-7-9-11-13-14-15-16-17-19-21-23-25-29(34)31-27(26-32)30(35)28(33)24-22-20-18-12-10-8-6-4-2/h4,6,12,15-16,18-19,21,27-28,30,32-33,35H,3,5,7-11,13-14,17,20,22-26H2,1-2H3,(H,31,34)/b6-4+,16-15-,18-12+,21-19-. The van der Waals surface area contributed by atoms with Crippen LogP contribution in [0.3, 0.4) is 0 Å². The minimum Gasteiger partial charge on any atom is -0.394 e. The first kappa shape index (κ1) is 33.3. The molecule has 0 aromatic rings. The SMILES string of the molecule is C/C=C/CC/C=C/CCCC(O)C(O)C(CO)NC(=O)CC/C=C\C/C=C\CCCCCCCC. The fraction of sp³-hybridized carbons (Fsp3) is 0.700. The summed E-state index contributed by atoms with van der Waals surface area (Å²) in [7, 11) is 0. The Morgan fingerprint density at radius 2 is 1.37 bits per heavy atom. The zero-order valence-corrected chi connectivity index (χ0v) is 22.4. The molecule has 0 aliphatic carbocycles. The molecule has 0 aliphatic rings. The number of aliphatic hydroxyl groups excluding tert-OH is 3. The Kier molecular flexibility index (Phi) is 24.2. The van der Waals surface area contributed by atoms with Gasteiger partial charge in [0.05, 0.1) is 18.8 Å². The summed E-state index contributed by atoms with van der Waals surface area (Å²) in [5, 5.41) is 32.8. The molecule has 3 atom stereocenters. The highest BCUT2D eigenvalue weighted by Gasteiger charge is 2.26. The zero-order chi connectivity index (χ0) is 26.0. The van der Waals surface area contributed by atoms with E-state index >= 15 is 0 Å². The van der Waals surface area contributed by atoms with Crippen LogP contribution in [0.5, 0.6) is 0 Å². The Morgan fingerprint density at radius 1 is 0.771 bits per heavy atom. The summed E-state index contributed by atoms with van der Waals surface area (Å²) in [6.45, 7) is 3.84. The molecular formula is C30H53NO4. The lowest BCUT2D eigenvalue weighted by Gasteiger charge is -2.26. The average Bonchev–Trinajstić information content (AvgIpc) is 2.86. The van der Waals surface area contributed by atoms with Gasteiger partial charge in [-0.15, -0.1) is 0 Å². The second-order valence-corrected chi connectivity index (χ2v) is 9.24. The molecular weight excluding hydrogens is 438 g/mol. The molecule has 35 heavy (non-hydrogen) atoms. The van der Waals surface area contributed by atoms with Crippen LogP contribution in [-0.4, -0.2) is 46.1 Å². The van der Waals surface area contributed by atoms with E-state index in [9.17, 15) is 20.1 Å². The van der Waals surface area contributed by atoms with Gasteiger partial charge in [0.25, 0.3) is 0 Å². The first-order valence-corrected chi connectivity index (χ1v) is 13.9. The molecule has 3 unspecified atom stereocenters. The molecule has 0 bridgehead atoms. The van der Waals surface area contributed by atoms with E-state index in [0.717, 1.165) is 38.5 Å². The normalized spacial score (nSPS) is 15.0. The summed E-state index contributed by atoms with van der Waals surface area (Å²) in [6, 6.07) is -0.859. The number of aliphatic hydroxyl groups is 3. The van der Waals surface area contributed by atoms with E-state index in [1.54, 1.807) is 0 Å². The highest BCUT2D eigenvalue weighted by atomic mass is 16.3. The summed E-state index contributed by atoms with van der Waals surface area (Å²) >= 11 is 0. The van der Waals surface area contributed by atoms with Crippen molar-refractivity contribution in [3.05, 3.63) is 48.6 Å². The van der Waals surface area contributed by atoms with Crippen molar-refractivity contribution < 1.29 is 20.1 Å². The topological polar surface area (TPSA) is 89.8 Å². The Labute approximate surface area is 215 Å². The number of nitrogens with one attached hydrogen (secondary N) is 1. The van der Waals surface area contributed by atoms with Crippen LogP contribution in [0.4, 0.5) is 0 Å². The van der Waals surface area contributed by atoms with Crippen LogP contribution in [0.2, 0.25) is 0 Å². The van der Waals surface area contributed by atoms with Crippen molar-refractivity contribution in [2.24, 2.45) is 0 Å². The van der Waals surface area contributed by atoms with E-state index in [1.165, 1.54) is 38.5 Å². The summed E-state index contributed by atoms with van der Waals surface area (Å²) < 4.78 is 0. The fourth-order valence-electron chi connectivity index (χ4n) is 3.76. The Hall–Kier alpha value is -1.69. The van der Waals surface area contributed by atoms with Gasteiger partial charge in [0.2, 0.25) is 5.91 Å². The maximum absolute atomic E-state index is 12.2. The maximum Gasteiger partial charge on any atom is 0.220 e. The Balaban J connectivity index is 3.97. The largest absolute Gasteiger partial charge is 0.394 e. The molecule has 0 spiro atoms. The van der Waals surface area contributed by atoms with Crippen LogP contribution >= 0.6 is 0 Å². The number of carbonyl (C=O) groups is 1. The van der Waals surface area contributed by atoms with Gasteiger partial charge in [-0.05, 0) is 64.7 Å². The van der Waals surface area contributed by atoms with Gasteiger partial charge in [-0.25, -0.2) is 0 Å². The van der Waals surface area contributed by atoms with Gasteiger partial charge in [0.15, 0.2) is 0 Å². The molecule has 0 rings (SSSR count). The first-order valence-electron chi connectivity index (χ1n) is 13.9. The summed E-state index contributed by atoms with van der Waals surface area (Å²) in [4.78, 5) is 12.2. The lowest BCUT2D eigenvalue weighted by Crippen LogP contribution is -2.50. The number of carbonyl (C=O) groups excluding carboxylic acids is 1. The minimum absolute atomic E-state index is 0.234. The second-order valence-electron chi connectivity index (χ2n) is 9.24. The first-order chi connectivity index (χ1) is 17.1. The average molecular weight is 492 g/mol. The molecule has 0 saturated heterocycles. The molecule has 0 aromatic carbocycles. The van der Waals surface area contributed by atoms with E-state index in [4.69, 9.17) is 0 Å². The van der Waals surface area contributed by atoms with Crippen LogP contribution in [-0.2, 0) is 4.79 Å². The van der Waals surface area contributed by atoms with E-state index in [1.807, 2.05) is 19.1 Å². The van der Waals surface area contributed by atoms with Crippen molar-refractivity contribution in [3.63, 3.8) is 0 Å². The maximum atomic E-state index is 12.2. The van der Waals surface area contributed by atoms with E-state index in [-0.39, 0.29) is 12.3 Å². The number of rotatable bonds is 23. The fourth-order valence-corrected chi connectivity index (χ4v) is 3.76. The quantitative estimate of drug-likeness (QED) is 0.0997. The Bertz CT molecular complexity index is 597.